The van der Waals surface area contributed by atoms with Gasteiger partial charge in [-0.3, -0.25) is 5.10 Å². The van der Waals surface area contributed by atoms with Gasteiger partial charge in [0.1, 0.15) is 0 Å². The molecule has 1 heterocycles. The smallest absolute Gasteiger partial charge is 0.323 e. The Kier molecular flexibility index (Phi) is 2.51. The second kappa shape index (κ2) is 3.84. The van der Waals surface area contributed by atoms with Gasteiger partial charge in [-0.25, -0.2) is 0 Å². The SMILES string of the molecule is FC(F)(F)c1nc(Nc2ccccc2)n[nH]1. The van der Waals surface area contributed by atoms with Gasteiger partial charge in [0.25, 0.3) is 0 Å². The molecule has 2 rings (SSSR count). The van der Waals surface area contributed by atoms with Gasteiger partial charge in [0.2, 0.25) is 11.8 Å². The minimum atomic E-state index is -4.51. The number of nitrogens with one attached hydrogen (secondary N) is 2. The third-order valence-corrected chi connectivity index (χ3v) is 1.78. The number of aromatic nitrogens is 3. The third kappa shape index (κ3) is 2.30. The lowest BCUT2D eigenvalue weighted by molar-refractivity contribution is -0.144. The summed E-state index contributed by atoms with van der Waals surface area (Å²) in [6.45, 7) is 0. The monoisotopic (exact) mass is 228 g/mol. The van der Waals surface area contributed by atoms with E-state index < -0.39 is 12.0 Å². The van der Waals surface area contributed by atoms with Crippen molar-refractivity contribution < 1.29 is 13.2 Å². The van der Waals surface area contributed by atoms with Crippen molar-refractivity contribution in [2.75, 3.05) is 5.32 Å². The van der Waals surface area contributed by atoms with Crippen LogP contribution in [0.25, 0.3) is 0 Å². The predicted molar refractivity (Wildman–Crippen MR) is 51.1 cm³/mol. The van der Waals surface area contributed by atoms with Crippen LogP contribution in [-0.2, 0) is 6.18 Å². The average Bonchev–Trinajstić information content (AvgIpc) is 2.67. The molecule has 0 aliphatic heterocycles. The first-order valence-corrected chi connectivity index (χ1v) is 4.37. The first-order chi connectivity index (χ1) is 7.55. The number of para-hydroxylation sites is 1. The van der Waals surface area contributed by atoms with Crippen molar-refractivity contribution >= 4 is 11.6 Å². The van der Waals surface area contributed by atoms with Crippen molar-refractivity contribution in [3.05, 3.63) is 36.2 Å². The Balaban J connectivity index is 2.15. The zero-order valence-corrected chi connectivity index (χ0v) is 7.92. The molecule has 2 N–H and O–H groups in total. The van der Waals surface area contributed by atoms with Crippen molar-refractivity contribution in [2.45, 2.75) is 6.18 Å². The maximum atomic E-state index is 12.2. The van der Waals surface area contributed by atoms with Crippen molar-refractivity contribution in [3.63, 3.8) is 0 Å². The highest BCUT2D eigenvalue weighted by Gasteiger charge is 2.35. The van der Waals surface area contributed by atoms with Crippen molar-refractivity contribution in [1.29, 1.82) is 0 Å². The van der Waals surface area contributed by atoms with Gasteiger partial charge >= 0.3 is 6.18 Å². The maximum absolute atomic E-state index is 12.2. The van der Waals surface area contributed by atoms with Gasteiger partial charge in [-0.05, 0) is 12.1 Å². The molecule has 0 radical (unpaired) electrons. The molecule has 0 atom stereocenters. The molecular formula is C9H7F3N4. The van der Waals surface area contributed by atoms with E-state index in [2.05, 4.69) is 15.4 Å². The van der Waals surface area contributed by atoms with E-state index in [-0.39, 0.29) is 5.95 Å². The quantitative estimate of drug-likeness (QED) is 0.830. The molecule has 0 bridgehead atoms. The van der Waals surface area contributed by atoms with E-state index in [1.54, 1.807) is 30.3 Å². The lowest BCUT2D eigenvalue weighted by Gasteiger charge is -2.00. The highest BCUT2D eigenvalue weighted by molar-refractivity contribution is 5.52. The van der Waals surface area contributed by atoms with Crippen LogP contribution in [0, 0.1) is 0 Å². The zero-order valence-electron chi connectivity index (χ0n) is 7.92. The number of hydrogen-bond acceptors (Lipinski definition) is 3. The van der Waals surface area contributed by atoms with Gasteiger partial charge in [-0.15, -0.1) is 5.10 Å². The first-order valence-electron chi connectivity index (χ1n) is 4.37. The van der Waals surface area contributed by atoms with Gasteiger partial charge in [0, 0.05) is 5.69 Å². The van der Waals surface area contributed by atoms with E-state index in [1.807, 2.05) is 5.10 Å². The predicted octanol–water partition coefficient (Wildman–Crippen LogP) is 2.57. The van der Waals surface area contributed by atoms with Crippen LogP contribution in [0.5, 0.6) is 0 Å². The van der Waals surface area contributed by atoms with Gasteiger partial charge in [-0.1, -0.05) is 18.2 Å². The molecule has 1 aromatic carbocycles. The zero-order chi connectivity index (χ0) is 11.6. The summed E-state index contributed by atoms with van der Waals surface area (Å²) < 4.78 is 36.5. The van der Waals surface area contributed by atoms with Crippen molar-refractivity contribution in [1.82, 2.24) is 15.2 Å². The van der Waals surface area contributed by atoms with Gasteiger partial charge < -0.3 is 5.32 Å². The first kappa shape index (κ1) is 10.5. The Morgan fingerprint density at radius 3 is 2.38 bits per heavy atom. The number of H-pyrrole nitrogens is 1. The summed E-state index contributed by atoms with van der Waals surface area (Å²) in [5.41, 5.74) is 0.621. The van der Waals surface area contributed by atoms with Crippen LogP contribution in [0.15, 0.2) is 30.3 Å². The summed E-state index contributed by atoms with van der Waals surface area (Å²) in [5, 5.41) is 7.87. The Bertz CT molecular complexity index is 463. The van der Waals surface area contributed by atoms with E-state index in [4.69, 9.17) is 0 Å². The van der Waals surface area contributed by atoms with Crippen LogP contribution < -0.4 is 5.32 Å². The number of anilines is 2. The molecule has 0 unspecified atom stereocenters. The van der Waals surface area contributed by atoms with Crippen molar-refractivity contribution in [3.8, 4) is 0 Å². The molecule has 0 amide bonds. The molecule has 1 aromatic heterocycles. The van der Waals surface area contributed by atoms with Crippen LogP contribution in [0.4, 0.5) is 24.8 Å². The fourth-order valence-electron chi connectivity index (χ4n) is 1.10. The van der Waals surface area contributed by atoms with E-state index in [0.29, 0.717) is 5.69 Å². The molecule has 4 nitrogen and oxygen atoms in total. The maximum Gasteiger partial charge on any atom is 0.451 e. The number of aromatic amines is 1. The average molecular weight is 228 g/mol. The second-order valence-corrected chi connectivity index (χ2v) is 3.00. The Morgan fingerprint density at radius 1 is 1.12 bits per heavy atom. The normalized spacial score (nSPS) is 11.4. The summed E-state index contributed by atoms with van der Waals surface area (Å²) >= 11 is 0. The summed E-state index contributed by atoms with van der Waals surface area (Å²) in [4.78, 5) is 3.27. The third-order valence-electron chi connectivity index (χ3n) is 1.78. The molecule has 0 spiro atoms. The highest BCUT2D eigenvalue weighted by Crippen LogP contribution is 2.26. The standard InChI is InChI=1S/C9H7F3N4/c10-9(11,12)7-14-8(16-15-7)13-6-4-2-1-3-5-6/h1-5H,(H2,13,14,15,16). The molecule has 0 saturated heterocycles. The molecule has 84 valence electrons. The van der Waals surface area contributed by atoms with Gasteiger partial charge in [-0.2, -0.15) is 18.2 Å². The van der Waals surface area contributed by atoms with Gasteiger partial charge in [0.15, 0.2) is 0 Å². The van der Waals surface area contributed by atoms with E-state index in [1.165, 1.54) is 0 Å². The van der Waals surface area contributed by atoms with Crippen LogP contribution >= 0.6 is 0 Å². The Hall–Kier alpha value is -2.05. The number of halogens is 3. The highest BCUT2D eigenvalue weighted by atomic mass is 19.4. The van der Waals surface area contributed by atoms with Gasteiger partial charge in [0.05, 0.1) is 0 Å². The Morgan fingerprint density at radius 2 is 1.81 bits per heavy atom. The van der Waals surface area contributed by atoms with E-state index >= 15 is 0 Å². The fourth-order valence-corrected chi connectivity index (χ4v) is 1.10. The number of benzene rings is 1. The molecule has 16 heavy (non-hydrogen) atoms. The summed E-state index contributed by atoms with van der Waals surface area (Å²) in [6.07, 6.45) is -4.51. The molecule has 0 fully saturated rings. The van der Waals surface area contributed by atoms with E-state index in [9.17, 15) is 13.2 Å². The van der Waals surface area contributed by atoms with Crippen molar-refractivity contribution in [2.24, 2.45) is 0 Å². The summed E-state index contributed by atoms with van der Waals surface area (Å²) in [7, 11) is 0. The lowest BCUT2D eigenvalue weighted by atomic mass is 10.3. The summed E-state index contributed by atoms with van der Waals surface area (Å²) in [5.74, 6) is -1.23. The lowest BCUT2D eigenvalue weighted by Crippen LogP contribution is -2.07. The fraction of sp³-hybridized carbons (Fsp3) is 0.111. The minimum absolute atomic E-state index is 0.112. The van der Waals surface area contributed by atoms with E-state index in [0.717, 1.165) is 0 Å². The van der Waals surface area contributed by atoms with Crippen LogP contribution in [0.2, 0.25) is 0 Å². The molecular weight excluding hydrogens is 221 g/mol. The molecule has 0 aliphatic carbocycles. The van der Waals surface area contributed by atoms with Crippen LogP contribution in [-0.4, -0.2) is 15.2 Å². The second-order valence-electron chi connectivity index (χ2n) is 3.00. The number of hydrogen-bond donors (Lipinski definition) is 2. The largest absolute Gasteiger partial charge is 0.451 e. The molecule has 2 aromatic rings. The number of rotatable bonds is 2. The summed E-state index contributed by atoms with van der Waals surface area (Å²) in [6, 6.07) is 8.69. The number of nitrogens with zero attached hydrogens (tertiary/aromatic N) is 2. The molecule has 0 saturated carbocycles. The van der Waals surface area contributed by atoms with Crippen LogP contribution in [0.3, 0.4) is 0 Å². The van der Waals surface area contributed by atoms with Crippen LogP contribution in [0.1, 0.15) is 5.82 Å². The Labute approximate surface area is 88.5 Å². The minimum Gasteiger partial charge on any atom is -0.323 e. The molecule has 7 heteroatoms. The number of alkyl halides is 3. The topological polar surface area (TPSA) is 53.6 Å². The molecule has 0 aliphatic rings.